The standard InChI is InChI=1S/C10H18N2O2S2/c1-4-10(3,5-2)12-16(13,14)9-6-8(11)7-15-9/h6-7,12H,4-5,11H2,1-3H3. The van der Waals surface area contributed by atoms with E-state index in [2.05, 4.69) is 4.72 Å². The molecule has 1 aromatic rings. The fraction of sp³-hybridized carbons (Fsp3) is 0.600. The van der Waals surface area contributed by atoms with Gasteiger partial charge in [0.2, 0.25) is 0 Å². The Morgan fingerprint density at radius 2 is 2.00 bits per heavy atom. The molecule has 0 aliphatic heterocycles. The summed E-state index contributed by atoms with van der Waals surface area (Å²) < 4.78 is 27.0. The third-order valence-electron chi connectivity index (χ3n) is 2.80. The van der Waals surface area contributed by atoms with Gasteiger partial charge in [-0.15, -0.1) is 11.3 Å². The Morgan fingerprint density at radius 1 is 1.44 bits per heavy atom. The molecule has 0 saturated heterocycles. The summed E-state index contributed by atoms with van der Waals surface area (Å²) in [6, 6.07) is 1.48. The van der Waals surface area contributed by atoms with Gasteiger partial charge in [0, 0.05) is 16.6 Å². The van der Waals surface area contributed by atoms with Crippen molar-refractivity contribution in [2.75, 3.05) is 5.73 Å². The molecule has 1 heterocycles. The van der Waals surface area contributed by atoms with Crippen LogP contribution in [0, 0.1) is 0 Å². The van der Waals surface area contributed by atoms with Crippen LogP contribution < -0.4 is 10.5 Å². The fourth-order valence-corrected chi connectivity index (χ4v) is 3.87. The molecule has 1 aromatic heterocycles. The molecule has 0 radical (unpaired) electrons. The zero-order valence-corrected chi connectivity index (χ0v) is 11.4. The van der Waals surface area contributed by atoms with Gasteiger partial charge in [-0.25, -0.2) is 13.1 Å². The maximum Gasteiger partial charge on any atom is 0.250 e. The lowest BCUT2D eigenvalue weighted by Crippen LogP contribution is -2.44. The van der Waals surface area contributed by atoms with Gasteiger partial charge < -0.3 is 5.73 Å². The summed E-state index contributed by atoms with van der Waals surface area (Å²) >= 11 is 1.14. The molecule has 92 valence electrons. The first kappa shape index (κ1) is 13.5. The van der Waals surface area contributed by atoms with Crippen molar-refractivity contribution >= 4 is 27.0 Å². The number of hydrogen-bond acceptors (Lipinski definition) is 4. The predicted molar refractivity (Wildman–Crippen MR) is 68.0 cm³/mol. The van der Waals surface area contributed by atoms with Gasteiger partial charge in [0.25, 0.3) is 10.0 Å². The first-order valence-corrected chi connectivity index (χ1v) is 7.57. The molecule has 6 heteroatoms. The lowest BCUT2D eigenvalue weighted by Gasteiger charge is -2.27. The molecule has 3 N–H and O–H groups in total. The molecule has 0 aromatic carbocycles. The van der Waals surface area contributed by atoms with Gasteiger partial charge in [-0.05, 0) is 25.8 Å². The van der Waals surface area contributed by atoms with E-state index in [0.29, 0.717) is 5.69 Å². The van der Waals surface area contributed by atoms with Crippen LogP contribution in [-0.4, -0.2) is 14.0 Å². The summed E-state index contributed by atoms with van der Waals surface area (Å²) in [6.07, 6.45) is 1.51. The third-order valence-corrected chi connectivity index (χ3v) is 5.90. The van der Waals surface area contributed by atoms with Crippen LogP contribution in [0.5, 0.6) is 0 Å². The molecular weight excluding hydrogens is 244 g/mol. The lowest BCUT2D eigenvalue weighted by atomic mass is 9.98. The molecule has 0 saturated carbocycles. The molecule has 16 heavy (non-hydrogen) atoms. The van der Waals surface area contributed by atoms with Crippen molar-refractivity contribution in [1.82, 2.24) is 4.72 Å². The Bertz CT molecular complexity index is 447. The van der Waals surface area contributed by atoms with Crippen LogP contribution >= 0.6 is 11.3 Å². The Balaban J connectivity index is 2.96. The van der Waals surface area contributed by atoms with Crippen LogP contribution in [0.2, 0.25) is 0 Å². The Morgan fingerprint density at radius 3 is 2.38 bits per heavy atom. The van der Waals surface area contributed by atoms with Crippen LogP contribution in [0.4, 0.5) is 5.69 Å². The average molecular weight is 262 g/mol. The van der Waals surface area contributed by atoms with Crippen molar-refractivity contribution in [1.29, 1.82) is 0 Å². The van der Waals surface area contributed by atoms with Gasteiger partial charge in [0.1, 0.15) is 4.21 Å². The van der Waals surface area contributed by atoms with Crippen LogP contribution in [0.25, 0.3) is 0 Å². The van der Waals surface area contributed by atoms with Gasteiger partial charge in [0.05, 0.1) is 0 Å². The summed E-state index contributed by atoms with van der Waals surface area (Å²) in [7, 11) is -3.43. The molecule has 1 rings (SSSR count). The number of rotatable bonds is 5. The highest BCUT2D eigenvalue weighted by molar-refractivity contribution is 7.91. The van der Waals surface area contributed by atoms with Crippen LogP contribution in [0.3, 0.4) is 0 Å². The molecule has 4 nitrogen and oxygen atoms in total. The highest BCUT2D eigenvalue weighted by Gasteiger charge is 2.28. The van der Waals surface area contributed by atoms with Crippen molar-refractivity contribution in [2.45, 2.75) is 43.4 Å². The molecule has 0 spiro atoms. The minimum atomic E-state index is -3.43. The number of hydrogen-bond donors (Lipinski definition) is 2. The number of nitrogen functional groups attached to an aromatic ring is 1. The minimum Gasteiger partial charge on any atom is -0.398 e. The van der Waals surface area contributed by atoms with Gasteiger partial charge in [-0.3, -0.25) is 0 Å². The quantitative estimate of drug-likeness (QED) is 0.854. The summed E-state index contributed by atoms with van der Waals surface area (Å²) in [6.45, 7) is 5.84. The Labute approximate surface area is 101 Å². The van der Waals surface area contributed by atoms with E-state index < -0.39 is 15.6 Å². The minimum absolute atomic E-state index is 0.276. The fourth-order valence-electron chi connectivity index (χ4n) is 1.24. The first-order chi connectivity index (χ1) is 7.33. The number of anilines is 1. The maximum atomic E-state index is 12.0. The number of nitrogens with two attached hydrogens (primary N) is 1. The summed E-state index contributed by atoms with van der Waals surface area (Å²) in [5.41, 5.74) is 5.62. The zero-order chi connectivity index (χ0) is 12.4. The normalized spacial score (nSPS) is 12.9. The van der Waals surface area contributed by atoms with E-state index in [1.165, 1.54) is 6.07 Å². The van der Waals surface area contributed by atoms with Gasteiger partial charge in [-0.1, -0.05) is 13.8 Å². The topological polar surface area (TPSA) is 72.2 Å². The summed E-state index contributed by atoms with van der Waals surface area (Å²) in [5.74, 6) is 0. The lowest BCUT2D eigenvalue weighted by molar-refractivity contribution is 0.389. The zero-order valence-electron chi connectivity index (χ0n) is 9.78. The smallest absolute Gasteiger partial charge is 0.250 e. The van der Waals surface area contributed by atoms with Crippen molar-refractivity contribution in [3.8, 4) is 0 Å². The molecule has 0 aliphatic rings. The van der Waals surface area contributed by atoms with E-state index >= 15 is 0 Å². The maximum absolute atomic E-state index is 12.0. The van der Waals surface area contributed by atoms with Crippen LogP contribution in [0.1, 0.15) is 33.6 Å². The van der Waals surface area contributed by atoms with Crippen molar-refractivity contribution in [3.05, 3.63) is 11.4 Å². The molecule has 0 fully saturated rings. The number of thiophene rings is 1. The Kier molecular flexibility index (Phi) is 3.98. The van der Waals surface area contributed by atoms with E-state index in [1.54, 1.807) is 5.38 Å². The second-order valence-corrected chi connectivity index (χ2v) is 6.89. The predicted octanol–water partition coefficient (Wildman–Crippen LogP) is 2.19. The number of sulfonamides is 1. The average Bonchev–Trinajstić information content (AvgIpc) is 2.65. The van der Waals surface area contributed by atoms with E-state index in [9.17, 15) is 8.42 Å². The highest BCUT2D eigenvalue weighted by Crippen LogP contribution is 2.24. The summed E-state index contributed by atoms with van der Waals surface area (Å²) in [5, 5.41) is 1.63. The van der Waals surface area contributed by atoms with Crippen molar-refractivity contribution < 1.29 is 8.42 Å². The van der Waals surface area contributed by atoms with Crippen molar-refractivity contribution in [2.24, 2.45) is 0 Å². The van der Waals surface area contributed by atoms with Gasteiger partial charge >= 0.3 is 0 Å². The van der Waals surface area contributed by atoms with E-state index in [-0.39, 0.29) is 4.21 Å². The highest BCUT2D eigenvalue weighted by atomic mass is 32.2. The van der Waals surface area contributed by atoms with E-state index in [4.69, 9.17) is 5.73 Å². The van der Waals surface area contributed by atoms with Gasteiger partial charge in [0.15, 0.2) is 0 Å². The van der Waals surface area contributed by atoms with Crippen LogP contribution in [-0.2, 0) is 10.0 Å². The summed E-state index contributed by atoms with van der Waals surface area (Å²) in [4.78, 5) is 0. The molecule has 0 atom stereocenters. The first-order valence-electron chi connectivity index (χ1n) is 5.21. The third kappa shape index (κ3) is 2.96. The molecular formula is C10H18N2O2S2. The van der Waals surface area contributed by atoms with Crippen molar-refractivity contribution in [3.63, 3.8) is 0 Å². The molecule has 0 aliphatic carbocycles. The second kappa shape index (κ2) is 4.73. The van der Waals surface area contributed by atoms with Crippen LogP contribution in [0.15, 0.2) is 15.7 Å². The Hall–Kier alpha value is -0.590. The van der Waals surface area contributed by atoms with Gasteiger partial charge in [-0.2, -0.15) is 0 Å². The largest absolute Gasteiger partial charge is 0.398 e. The molecule has 0 bridgehead atoms. The number of nitrogens with one attached hydrogen (secondary N) is 1. The van der Waals surface area contributed by atoms with E-state index in [1.807, 2.05) is 20.8 Å². The monoisotopic (exact) mass is 262 g/mol. The van der Waals surface area contributed by atoms with E-state index in [0.717, 1.165) is 24.2 Å². The second-order valence-electron chi connectivity index (χ2n) is 4.07. The molecule has 0 unspecified atom stereocenters. The SMILES string of the molecule is CCC(C)(CC)NS(=O)(=O)c1cc(N)cs1. The molecule has 0 amide bonds.